The van der Waals surface area contributed by atoms with Crippen molar-refractivity contribution in [1.82, 2.24) is 15.0 Å². The van der Waals surface area contributed by atoms with E-state index in [1.807, 2.05) is 55.6 Å². The molecule has 1 aromatic heterocycles. The van der Waals surface area contributed by atoms with Crippen LogP contribution in [-0.4, -0.2) is 79.1 Å². The van der Waals surface area contributed by atoms with Crippen molar-refractivity contribution < 1.29 is 14.4 Å². The van der Waals surface area contributed by atoms with Gasteiger partial charge in [0.2, 0.25) is 5.88 Å². The lowest BCUT2D eigenvalue weighted by Gasteiger charge is -2.31. The van der Waals surface area contributed by atoms with Gasteiger partial charge in [0.25, 0.3) is 0 Å². The molecule has 3 aromatic rings. The van der Waals surface area contributed by atoms with Gasteiger partial charge in [-0.2, -0.15) is 0 Å². The number of rotatable bonds is 11. The molecule has 2 aromatic carbocycles. The molecular formula is C28H38N4O3. The first-order valence-electron chi connectivity index (χ1n) is 12.5. The minimum absolute atomic E-state index is 0.266. The molecule has 4 rings (SSSR count). The van der Waals surface area contributed by atoms with Gasteiger partial charge in [-0.25, -0.2) is 0 Å². The number of anilines is 1. The van der Waals surface area contributed by atoms with E-state index in [1.54, 1.807) is 0 Å². The molecule has 1 aliphatic rings. The molecule has 1 N–H and O–H groups in total. The third kappa shape index (κ3) is 6.70. The Labute approximate surface area is 208 Å². The number of hydrogen-bond donors (Lipinski definition) is 1. The lowest BCUT2D eigenvalue weighted by Crippen LogP contribution is -2.42. The van der Waals surface area contributed by atoms with Crippen molar-refractivity contribution in [2.45, 2.75) is 32.5 Å². The molecule has 35 heavy (non-hydrogen) atoms. The summed E-state index contributed by atoms with van der Waals surface area (Å²) >= 11 is 0. The summed E-state index contributed by atoms with van der Waals surface area (Å²) in [6.07, 6.45) is -0.577. The largest absolute Gasteiger partial charge is 0.387 e. The van der Waals surface area contributed by atoms with Gasteiger partial charge in [-0.1, -0.05) is 65.8 Å². The van der Waals surface area contributed by atoms with Crippen LogP contribution < -0.4 is 4.90 Å². The molecule has 188 valence electrons. The van der Waals surface area contributed by atoms with Crippen LogP contribution in [0.4, 0.5) is 5.88 Å². The van der Waals surface area contributed by atoms with Gasteiger partial charge < -0.3 is 19.3 Å². The highest BCUT2D eigenvalue weighted by atomic mass is 16.5. The van der Waals surface area contributed by atoms with Crippen LogP contribution in [0.25, 0.3) is 11.3 Å². The van der Waals surface area contributed by atoms with Crippen LogP contribution in [0.15, 0.2) is 65.2 Å². The van der Waals surface area contributed by atoms with Crippen molar-refractivity contribution in [2.24, 2.45) is 0 Å². The van der Waals surface area contributed by atoms with Crippen molar-refractivity contribution >= 4 is 5.88 Å². The maximum absolute atomic E-state index is 11.1. The van der Waals surface area contributed by atoms with Gasteiger partial charge >= 0.3 is 0 Å². The third-order valence-corrected chi connectivity index (χ3v) is 6.74. The fourth-order valence-corrected chi connectivity index (χ4v) is 4.37. The van der Waals surface area contributed by atoms with Crippen LogP contribution in [0.2, 0.25) is 0 Å². The molecule has 0 spiro atoms. The van der Waals surface area contributed by atoms with Gasteiger partial charge in [-0.15, -0.1) is 0 Å². The molecule has 2 heterocycles. The fraction of sp³-hybridized carbons (Fsp3) is 0.464. The summed E-state index contributed by atoms with van der Waals surface area (Å²) in [4.78, 5) is 6.88. The minimum atomic E-state index is -0.577. The van der Waals surface area contributed by atoms with Crippen molar-refractivity contribution in [2.75, 3.05) is 57.9 Å². The highest BCUT2D eigenvalue weighted by molar-refractivity contribution is 5.68. The van der Waals surface area contributed by atoms with Gasteiger partial charge in [0.15, 0.2) is 0 Å². The molecule has 0 radical (unpaired) electrons. The maximum atomic E-state index is 11.1. The highest BCUT2D eigenvalue weighted by Crippen LogP contribution is 2.33. The number of aliphatic hydroxyl groups is 1. The summed E-state index contributed by atoms with van der Waals surface area (Å²) in [5, 5.41) is 15.6. The molecule has 1 aliphatic heterocycles. The molecule has 1 fully saturated rings. The monoisotopic (exact) mass is 478 g/mol. The fourth-order valence-electron chi connectivity index (χ4n) is 4.37. The van der Waals surface area contributed by atoms with Crippen LogP contribution in [-0.2, 0) is 11.3 Å². The summed E-state index contributed by atoms with van der Waals surface area (Å²) in [5.74, 6) is 0.782. The zero-order valence-electron chi connectivity index (χ0n) is 21.1. The van der Waals surface area contributed by atoms with Gasteiger partial charge in [-0.3, -0.25) is 9.80 Å². The number of ether oxygens (including phenoxy) is 1. The molecule has 0 amide bonds. The van der Waals surface area contributed by atoms with E-state index in [0.29, 0.717) is 13.1 Å². The number of nitrogens with zero attached hydrogens (tertiary/aromatic N) is 4. The Morgan fingerprint density at radius 2 is 1.66 bits per heavy atom. The second-order valence-corrected chi connectivity index (χ2v) is 9.50. The Hall–Kier alpha value is -2.71. The van der Waals surface area contributed by atoms with E-state index >= 15 is 0 Å². The summed E-state index contributed by atoms with van der Waals surface area (Å²) in [5.41, 5.74) is 3.87. The van der Waals surface area contributed by atoms with Crippen LogP contribution in [0.1, 0.15) is 31.1 Å². The first-order valence-corrected chi connectivity index (χ1v) is 12.5. The third-order valence-electron chi connectivity index (χ3n) is 6.74. The average Bonchev–Trinajstić information content (AvgIpc) is 3.31. The summed E-state index contributed by atoms with van der Waals surface area (Å²) < 4.78 is 11.4. The Morgan fingerprint density at radius 3 is 2.31 bits per heavy atom. The quantitative estimate of drug-likeness (QED) is 0.446. The highest BCUT2D eigenvalue weighted by Gasteiger charge is 2.25. The molecule has 1 saturated heterocycles. The molecule has 1 atom stereocenters. The number of morpholine rings is 1. The first-order chi connectivity index (χ1) is 17.0. The molecular weight excluding hydrogens is 440 g/mol. The second-order valence-electron chi connectivity index (χ2n) is 9.50. The molecule has 0 bridgehead atoms. The molecule has 7 nitrogen and oxygen atoms in total. The average molecular weight is 479 g/mol. The van der Waals surface area contributed by atoms with Crippen LogP contribution in [0.5, 0.6) is 0 Å². The van der Waals surface area contributed by atoms with Gasteiger partial charge in [0.05, 0.1) is 24.9 Å². The SMILES string of the molecule is CC(C)N(C)c1onc(-c2ccccc2)c1CN(CCN1CCOCC1)C[C@H](O)c1ccccc1. The lowest BCUT2D eigenvalue weighted by atomic mass is 10.1. The smallest absolute Gasteiger partial charge is 0.232 e. The van der Waals surface area contributed by atoms with E-state index in [0.717, 1.165) is 67.7 Å². The van der Waals surface area contributed by atoms with Crippen molar-refractivity contribution in [3.05, 3.63) is 71.8 Å². The Balaban J connectivity index is 1.61. The van der Waals surface area contributed by atoms with E-state index in [-0.39, 0.29) is 6.04 Å². The van der Waals surface area contributed by atoms with Gasteiger partial charge in [-0.05, 0) is 19.4 Å². The number of hydrogen-bond acceptors (Lipinski definition) is 7. The maximum Gasteiger partial charge on any atom is 0.232 e. The number of aromatic nitrogens is 1. The van der Waals surface area contributed by atoms with E-state index in [4.69, 9.17) is 9.26 Å². The predicted octanol–water partition coefficient (Wildman–Crippen LogP) is 4.05. The molecule has 7 heteroatoms. The second kappa shape index (κ2) is 12.3. The van der Waals surface area contributed by atoms with E-state index in [1.165, 1.54) is 0 Å². The van der Waals surface area contributed by atoms with Crippen LogP contribution in [0, 0.1) is 0 Å². The topological polar surface area (TPSA) is 65.2 Å². The van der Waals surface area contributed by atoms with Gasteiger partial charge in [0.1, 0.15) is 5.69 Å². The van der Waals surface area contributed by atoms with E-state index < -0.39 is 6.10 Å². The summed E-state index contributed by atoms with van der Waals surface area (Å²) in [6.45, 7) is 10.6. The number of aliphatic hydroxyl groups excluding tert-OH is 1. The molecule has 0 unspecified atom stereocenters. The zero-order chi connectivity index (χ0) is 24.6. The van der Waals surface area contributed by atoms with Crippen LogP contribution >= 0.6 is 0 Å². The van der Waals surface area contributed by atoms with Crippen molar-refractivity contribution in [3.8, 4) is 11.3 Å². The van der Waals surface area contributed by atoms with Crippen LogP contribution in [0.3, 0.4) is 0 Å². The standard InChI is InChI=1S/C28H38N4O3/c1-22(2)30(3)28-25(27(29-35-28)24-12-8-5-9-13-24)20-32(15-14-31-16-18-34-19-17-31)21-26(33)23-10-6-4-7-11-23/h4-13,22,26,33H,14-21H2,1-3H3/t26-/m0/s1. The lowest BCUT2D eigenvalue weighted by molar-refractivity contribution is 0.0291. The van der Waals surface area contributed by atoms with Gasteiger partial charge in [0, 0.05) is 57.9 Å². The normalized spacial score (nSPS) is 15.6. The Bertz CT molecular complexity index is 1020. The van der Waals surface area contributed by atoms with E-state index in [9.17, 15) is 5.11 Å². The molecule has 0 aliphatic carbocycles. The minimum Gasteiger partial charge on any atom is -0.387 e. The Kier molecular flexibility index (Phi) is 8.93. The summed E-state index contributed by atoms with van der Waals surface area (Å²) in [7, 11) is 2.04. The molecule has 0 saturated carbocycles. The Morgan fingerprint density at radius 1 is 1.00 bits per heavy atom. The van der Waals surface area contributed by atoms with E-state index in [2.05, 4.69) is 45.8 Å². The predicted molar refractivity (Wildman–Crippen MR) is 139 cm³/mol. The van der Waals surface area contributed by atoms with Crippen molar-refractivity contribution in [3.63, 3.8) is 0 Å². The first kappa shape index (κ1) is 25.4. The van der Waals surface area contributed by atoms with Crippen molar-refractivity contribution in [1.29, 1.82) is 0 Å². The zero-order valence-corrected chi connectivity index (χ0v) is 21.1. The summed E-state index contributed by atoms with van der Waals surface area (Å²) in [6, 6.07) is 20.3. The number of benzene rings is 2.